The Labute approximate surface area is 309 Å². The summed E-state index contributed by atoms with van der Waals surface area (Å²) >= 11 is 0. The minimum Gasteiger partial charge on any atom is -0.496 e. The van der Waals surface area contributed by atoms with Gasteiger partial charge in [0.1, 0.15) is 29.6 Å². The molecule has 0 saturated heterocycles. The molecule has 0 spiro atoms. The number of pyridine rings is 1. The third-order valence-electron chi connectivity index (χ3n) is 12.9. The lowest BCUT2D eigenvalue weighted by atomic mass is 9.51. The molecule has 5 aliphatic carbocycles. The standard InChI is InChI=1S/C43H58N4O5/c1-29-25-32(13-16-36(29)50-5)43-21-18-42(19-22-43,20-23-43)28-47(37-26-31(17-24-44-37)35-27-51-39(46-35)41(2,3)4)38(48)30-11-14-34(15-12-30)52-40(49)45-33-9-7-6-8-10-33/h13,16-17,24-27,30,33-34H,6-12,14-15,18-23,28H2,1-5H3,(H,45,49)/t30-,34-,42?,43?. The lowest BCUT2D eigenvalue weighted by Gasteiger charge is -2.55. The molecule has 1 N–H and O–H groups in total. The smallest absolute Gasteiger partial charge is 0.407 e. The number of alkyl carbamates (subject to hydrolysis) is 1. The number of methoxy groups -OCH3 is 1. The highest BCUT2D eigenvalue weighted by atomic mass is 16.6. The maximum absolute atomic E-state index is 14.7. The summed E-state index contributed by atoms with van der Waals surface area (Å²) in [5.41, 5.74) is 4.27. The van der Waals surface area contributed by atoms with Crippen molar-refractivity contribution < 1.29 is 23.5 Å². The van der Waals surface area contributed by atoms with E-state index in [9.17, 15) is 9.59 Å². The van der Waals surface area contributed by atoms with Crippen LogP contribution in [-0.2, 0) is 20.4 Å². The SMILES string of the molecule is COc1ccc(C23CCC(CN(c4cc(-c5coc(C(C)(C)C)n5)ccn4)C(=O)[C@H]4CC[C@H](OC(=O)NC5CCCCC5)CC4)(CC2)CC3)cc1C. The molecule has 0 unspecified atom stereocenters. The van der Waals surface area contributed by atoms with Gasteiger partial charge in [0, 0.05) is 35.7 Å². The highest BCUT2D eigenvalue weighted by Crippen LogP contribution is 2.58. The quantitative estimate of drug-likeness (QED) is 0.236. The average Bonchev–Trinajstić information content (AvgIpc) is 3.67. The van der Waals surface area contributed by atoms with Crippen LogP contribution in [-0.4, -0.2) is 47.8 Å². The molecule has 0 atom stereocenters. The Bertz CT molecular complexity index is 1700. The number of fused-ring (bicyclic) bond motifs is 3. The van der Waals surface area contributed by atoms with E-state index in [1.807, 2.05) is 17.0 Å². The molecule has 280 valence electrons. The predicted octanol–water partition coefficient (Wildman–Crippen LogP) is 9.59. The van der Waals surface area contributed by atoms with Crippen molar-refractivity contribution in [1.82, 2.24) is 15.3 Å². The molecule has 0 radical (unpaired) electrons. The Morgan fingerprint density at radius 1 is 0.942 bits per heavy atom. The van der Waals surface area contributed by atoms with Gasteiger partial charge in [-0.1, -0.05) is 52.2 Å². The molecule has 2 aromatic heterocycles. The number of benzene rings is 1. The average molecular weight is 711 g/mol. The van der Waals surface area contributed by atoms with Gasteiger partial charge >= 0.3 is 6.09 Å². The second-order valence-electron chi connectivity index (χ2n) is 17.4. The van der Waals surface area contributed by atoms with Crippen LogP contribution in [0.15, 0.2) is 47.2 Å². The van der Waals surface area contributed by atoms with Crippen LogP contribution in [0.2, 0.25) is 0 Å². The van der Waals surface area contributed by atoms with Crippen LogP contribution in [0, 0.1) is 18.3 Å². The monoisotopic (exact) mass is 710 g/mol. The molecule has 2 bridgehead atoms. The first-order valence-electron chi connectivity index (χ1n) is 19.8. The Morgan fingerprint density at radius 2 is 1.65 bits per heavy atom. The zero-order valence-electron chi connectivity index (χ0n) is 32.0. The van der Waals surface area contributed by atoms with Crippen molar-refractivity contribution in [3.05, 3.63) is 59.8 Å². The minimum atomic E-state index is -0.304. The van der Waals surface area contributed by atoms with Crippen LogP contribution in [0.3, 0.4) is 0 Å². The van der Waals surface area contributed by atoms with Crippen molar-refractivity contribution in [2.75, 3.05) is 18.6 Å². The predicted molar refractivity (Wildman–Crippen MR) is 203 cm³/mol. The van der Waals surface area contributed by atoms with Crippen molar-refractivity contribution >= 4 is 17.8 Å². The summed E-state index contributed by atoms with van der Waals surface area (Å²) in [5.74, 6) is 2.28. The molecule has 2 amide bonds. The summed E-state index contributed by atoms with van der Waals surface area (Å²) in [7, 11) is 1.74. The number of carbonyl (C=O) groups excluding carboxylic acids is 2. The fourth-order valence-electron chi connectivity index (χ4n) is 9.47. The van der Waals surface area contributed by atoms with Crippen molar-refractivity contribution in [3.63, 3.8) is 0 Å². The number of oxazole rings is 1. The summed E-state index contributed by atoms with van der Waals surface area (Å²) in [6, 6.07) is 10.9. The van der Waals surface area contributed by atoms with Gasteiger partial charge in [0.2, 0.25) is 5.91 Å². The number of carbonyl (C=O) groups is 2. The van der Waals surface area contributed by atoms with Crippen LogP contribution in [0.1, 0.15) is 134 Å². The van der Waals surface area contributed by atoms with Gasteiger partial charge in [-0.15, -0.1) is 0 Å². The first-order chi connectivity index (χ1) is 25.0. The number of nitrogens with one attached hydrogen (secondary N) is 1. The number of anilines is 1. The summed E-state index contributed by atoms with van der Waals surface area (Å²) in [6.07, 6.45) is 18.0. The van der Waals surface area contributed by atoms with Crippen LogP contribution in [0.25, 0.3) is 11.3 Å². The van der Waals surface area contributed by atoms with Crippen molar-refractivity contribution in [2.24, 2.45) is 11.3 Å². The maximum atomic E-state index is 14.7. The van der Waals surface area contributed by atoms with E-state index in [0.29, 0.717) is 43.9 Å². The molecule has 1 aromatic carbocycles. The number of ether oxygens (including phenoxy) is 2. The van der Waals surface area contributed by atoms with Gasteiger partial charge in [0.05, 0.1) is 7.11 Å². The minimum absolute atomic E-state index is 0.0431. The molecular formula is C43H58N4O5. The molecule has 0 aliphatic heterocycles. The number of aromatic nitrogens is 2. The molecule has 9 nitrogen and oxygen atoms in total. The maximum Gasteiger partial charge on any atom is 0.407 e. The van der Waals surface area contributed by atoms with Gasteiger partial charge in [0.15, 0.2) is 5.89 Å². The Balaban J connectivity index is 1.08. The van der Waals surface area contributed by atoms with E-state index in [2.05, 4.69) is 51.2 Å². The van der Waals surface area contributed by atoms with E-state index in [-0.39, 0.29) is 46.3 Å². The number of nitrogens with zero attached hydrogens (tertiary/aromatic N) is 3. The molecule has 2 heterocycles. The van der Waals surface area contributed by atoms with Gasteiger partial charge in [-0.2, -0.15) is 0 Å². The molecule has 8 rings (SSSR count). The number of aryl methyl sites for hydroxylation is 1. The number of rotatable bonds is 9. The zero-order valence-corrected chi connectivity index (χ0v) is 32.0. The fraction of sp³-hybridized carbons (Fsp3) is 0.628. The fourth-order valence-corrected chi connectivity index (χ4v) is 9.47. The summed E-state index contributed by atoms with van der Waals surface area (Å²) in [5, 5.41) is 3.09. The van der Waals surface area contributed by atoms with Gasteiger partial charge in [0.25, 0.3) is 0 Å². The molecule has 5 fully saturated rings. The first-order valence-corrected chi connectivity index (χ1v) is 19.8. The van der Waals surface area contributed by atoms with Crippen LogP contribution < -0.4 is 15.0 Å². The van der Waals surface area contributed by atoms with Gasteiger partial charge < -0.3 is 19.2 Å². The van der Waals surface area contributed by atoms with Crippen LogP contribution >= 0.6 is 0 Å². The normalized spacial score (nSPS) is 26.5. The van der Waals surface area contributed by atoms with Gasteiger partial charge in [-0.3, -0.25) is 9.69 Å². The van der Waals surface area contributed by atoms with E-state index in [1.165, 1.54) is 17.5 Å². The number of amides is 2. The Morgan fingerprint density at radius 3 is 2.29 bits per heavy atom. The molecular weight excluding hydrogens is 652 g/mol. The molecule has 52 heavy (non-hydrogen) atoms. The summed E-state index contributed by atoms with van der Waals surface area (Å²) in [6.45, 7) is 9.05. The van der Waals surface area contributed by atoms with E-state index in [0.717, 1.165) is 81.2 Å². The molecule has 5 aliphatic rings. The summed E-state index contributed by atoms with van der Waals surface area (Å²) < 4.78 is 17.3. The second-order valence-corrected chi connectivity index (χ2v) is 17.4. The van der Waals surface area contributed by atoms with Crippen molar-refractivity contribution in [3.8, 4) is 17.0 Å². The molecule has 9 heteroatoms. The highest BCUT2D eigenvalue weighted by molar-refractivity contribution is 5.95. The second kappa shape index (κ2) is 14.9. The highest BCUT2D eigenvalue weighted by Gasteiger charge is 2.51. The molecule has 3 aromatic rings. The van der Waals surface area contributed by atoms with Crippen LogP contribution in [0.4, 0.5) is 10.6 Å². The van der Waals surface area contributed by atoms with Crippen LogP contribution in [0.5, 0.6) is 5.75 Å². The lowest BCUT2D eigenvalue weighted by molar-refractivity contribution is -0.124. The van der Waals surface area contributed by atoms with Gasteiger partial charge in [-0.05, 0) is 124 Å². The summed E-state index contributed by atoms with van der Waals surface area (Å²) in [4.78, 5) is 39.1. The van der Waals surface area contributed by atoms with E-state index < -0.39 is 0 Å². The number of hydrogen-bond donors (Lipinski definition) is 1. The van der Waals surface area contributed by atoms with E-state index in [1.54, 1.807) is 19.6 Å². The van der Waals surface area contributed by atoms with Crippen molar-refractivity contribution in [1.29, 1.82) is 0 Å². The lowest BCUT2D eigenvalue weighted by Crippen LogP contribution is -2.52. The Kier molecular flexibility index (Phi) is 10.4. The number of hydrogen-bond acceptors (Lipinski definition) is 7. The largest absolute Gasteiger partial charge is 0.496 e. The Hall–Kier alpha value is -3.88. The van der Waals surface area contributed by atoms with Gasteiger partial charge in [-0.25, -0.2) is 14.8 Å². The van der Waals surface area contributed by atoms with E-state index >= 15 is 0 Å². The van der Waals surface area contributed by atoms with Crippen molar-refractivity contribution in [2.45, 2.75) is 147 Å². The zero-order chi connectivity index (χ0) is 36.5. The molecule has 5 saturated carbocycles. The first kappa shape index (κ1) is 36.5. The topological polar surface area (TPSA) is 107 Å². The third-order valence-corrected chi connectivity index (χ3v) is 12.9. The third kappa shape index (κ3) is 7.74. The van der Waals surface area contributed by atoms with E-state index in [4.69, 9.17) is 23.9 Å².